The molecule has 2 nitrogen and oxygen atoms in total. The maximum Gasteiger partial charge on any atom is 0.0514 e. The average Bonchev–Trinajstić information content (AvgIpc) is 2.48. The van der Waals surface area contributed by atoms with E-state index in [1.54, 1.807) is 6.07 Å². The molecule has 0 bridgehead atoms. The van der Waals surface area contributed by atoms with Crippen LogP contribution in [0.1, 0.15) is 5.69 Å². The van der Waals surface area contributed by atoms with Crippen molar-refractivity contribution in [2.75, 3.05) is 6.54 Å². The van der Waals surface area contributed by atoms with Crippen molar-refractivity contribution in [1.82, 2.24) is 4.98 Å². The summed E-state index contributed by atoms with van der Waals surface area (Å²) in [6.07, 6.45) is 0.822. The van der Waals surface area contributed by atoms with Gasteiger partial charge in [0.05, 0.1) is 5.02 Å². The molecule has 1 aromatic heterocycles. The smallest absolute Gasteiger partial charge is 0.0514 e. The highest BCUT2D eigenvalue weighted by Crippen LogP contribution is 2.28. The Kier molecular flexibility index (Phi) is 2.68. The van der Waals surface area contributed by atoms with Crippen molar-refractivity contribution in [2.24, 2.45) is 5.73 Å². The number of aromatic amines is 1. The molecule has 0 atom stereocenters. The van der Waals surface area contributed by atoms with Crippen LogP contribution in [0.2, 0.25) is 10.0 Å². The molecule has 0 aliphatic carbocycles. The molecular weight excluding hydrogens is 219 g/mol. The quantitative estimate of drug-likeness (QED) is 0.816. The summed E-state index contributed by atoms with van der Waals surface area (Å²) in [6.45, 7) is 0.623. The van der Waals surface area contributed by atoms with Crippen LogP contribution in [0, 0.1) is 0 Å². The lowest BCUT2D eigenvalue weighted by Crippen LogP contribution is -2.02. The second-order valence-electron chi connectivity index (χ2n) is 3.18. The fraction of sp³-hybridized carbons (Fsp3) is 0.200. The van der Waals surface area contributed by atoms with Crippen molar-refractivity contribution in [3.05, 3.63) is 33.9 Å². The zero-order valence-corrected chi connectivity index (χ0v) is 8.99. The largest absolute Gasteiger partial charge is 0.358 e. The minimum absolute atomic E-state index is 0.623. The van der Waals surface area contributed by atoms with Gasteiger partial charge in [-0.2, -0.15) is 0 Å². The molecule has 0 radical (unpaired) electrons. The standard InChI is InChI=1S/C10H10Cl2N2/c11-6-3-9(12)8-5-7(1-2-13)14-10(8)4-6/h3-5,14H,1-2,13H2. The highest BCUT2D eigenvalue weighted by molar-refractivity contribution is 6.38. The molecule has 74 valence electrons. The first-order valence-electron chi connectivity index (χ1n) is 4.37. The second kappa shape index (κ2) is 3.81. The van der Waals surface area contributed by atoms with E-state index in [-0.39, 0.29) is 0 Å². The molecule has 0 unspecified atom stereocenters. The van der Waals surface area contributed by atoms with Gasteiger partial charge in [0.25, 0.3) is 0 Å². The molecular formula is C10H10Cl2N2. The maximum absolute atomic E-state index is 6.04. The van der Waals surface area contributed by atoms with Crippen LogP contribution in [0.25, 0.3) is 10.9 Å². The summed E-state index contributed by atoms with van der Waals surface area (Å²) in [7, 11) is 0. The molecule has 0 saturated carbocycles. The van der Waals surface area contributed by atoms with Gasteiger partial charge in [-0.25, -0.2) is 0 Å². The number of nitrogens with two attached hydrogens (primary N) is 1. The number of rotatable bonds is 2. The molecule has 0 aliphatic rings. The van der Waals surface area contributed by atoms with Gasteiger partial charge < -0.3 is 10.7 Å². The minimum atomic E-state index is 0.623. The zero-order chi connectivity index (χ0) is 10.1. The van der Waals surface area contributed by atoms with Crippen molar-refractivity contribution in [2.45, 2.75) is 6.42 Å². The van der Waals surface area contributed by atoms with Crippen LogP contribution in [0.3, 0.4) is 0 Å². The maximum atomic E-state index is 6.04. The number of aromatic nitrogens is 1. The Labute approximate surface area is 92.0 Å². The number of benzene rings is 1. The Morgan fingerprint density at radius 2 is 2.00 bits per heavy atom. The fourth-order valence-corrected chi connectivity index (χ4v) is 2.06. The van der Waals surface area contributed by atoms with E-state index in [0.29, 0.717) is 16.6 Å². The number of fused-ring (bicyclic) bond motifs is 1. The van der Waals surface area contributed by atoms with Crippen LogP contribution >= 0.6 is 23.2 Å². The summed E-state index contributed by atoms with van der Waals surface area (Å²) >= 11 is 11.9. The molecule has 1 heterocycles. The lowest BCUT2D eigenvalue weighted by molar-refractivity contribution is 0.940. The van der Waals surface area contributed by atoms with Gasteiger partial charge in [0.2, 0.25) is 0 Å². The summed E-state index contributed by atoms with van der Waals surface area (Å²) < 4.78 is 0. The van der Waals surface area contributed by atoms with E-state index in [2.05, 4.69) is 4.98 Å². The lowest BCUT2D eigenvalue weighted by atomic mass is 10.2. The van der Waals surface area contributed by atoms with E-state index in [0.717, 1.165) is 23.0 Å². The van der Waals surface area contributed by atoms with Gasteiger partial charge in [-0.15, -0.1) is 0 Å². The average molecular weight is 229 g/mol. The van der Waals surface area contributed by atoms with Gasteiger partial charge in [0, 0.05) is 21.6 Å². The van der Waals surface area contributed by atoms with Crippen LogP contribution in [-0.4, -0.2) is 11.5 Å². The summed E-state index contributed by atoms with van der Waals surface area (Å²) in [5.74, 6) is 0. The first-order valence-corrected chi connectivity index (χ1v) is 5.13. The Balaban J connectivity index is 2.58. The Morgan fingerprint density at radius 1 is 1.21 bits per heavy atom. The van der Waals surface area contributed by atoms with E-state index in [1.165, 1.54) is 0 Å². The predicted molar refractivity (Wildman–Crippen MR) is 61.1 cm³/mol. The van der Waals surface area contributed by atoms with Crippen LogP contribution in [-0.2, 0) is 6.42 Å². The van der Waals surface area contributed by atoms with E-state index >= 15 is 0 Å². The fourth-order valence-electron chi connectivity index (χ4n) is 1.51. The van der Waals surface area contributed by atoms with E-state index in [9.17, 15) is 0 Å². The van der Waals surface area contributed by atoms with Gasteiger partial charge in [-0.3, -0.25) is 0 Å². The van der Waals surface area contributed by atoms with Crippen LogP contribution < -0.4 is 5.73 Å². The Hall–Kier alpha value is -0.700. The summed E-state index contributed by atoms with van der Waals surface area (Å²) in [5, 5.41) is 2.31. The van der Waals surface area contributed by atoms with Crippen LogP contribution in [0.5, 0.6) is 0 Å². The number of hydrogen-bond donors (Lipinski definition) is 2. The van der Waals surface area contributed by atoms with Crippen molar-refractivity contribution in [3.8, 4) is 0 Å². The molecule has 0 aliphatic heterocycles. The molecule has 0 saturated heterocycles. The Bertz CT molecular complexity index is 462. The van der Waals surface area contributed by atoms with Gasteiger partial charge in [0.1, 0.15) is 0 Å². The van der Waals surface area contributed by atoms with Crippen LogP contribution in [0.15, 0.2) is 18.2 Å². The highest BCUT2D eigenvalue weighted by Gasteiger charge is 2.05. The molecule has 4 heteroatoms. The molecule has 3 N–H and O–H groups in total. The second-order valence-corrected chi connectivity index (χ2v) is 4.03. The lowest BCUT2D eigenvalue weighted by Gasteiger charge is -1.94. The molecule has 2 aromatic rings. The van der Waals surface area contributed by atoms with Crippen molar-refractivity contribution < 1.29 is 0 Å². The number of nitrogens with one attached hydrogen (secondary N) is 1. The molecule has 2 rings (SSSR count). The summed E-state index contributed by atoms with van der Waals surface area (Å²) in [6, 6.07) is 5.62. The highest BCUT2D eigenvalue weighted by atomic mass is 35.5. The summed E-state index contributed by atoms with van der Waals surface area (Å²) in [5.41, 5.74) is 7.52. The molecule has 0 fully saturated rings. The third kappa shape index (κ3) is 1.73. The normalized spacial score (nSPS) is 11.1. The van der Waals surface area contributed by atoms with Gasteiger partial charge in [-0.05, 0) is 31.2 Å². The number of H-pyrrole nitrogens is 1. The summed E-state index contributed by atoms with van der Waals surface area (Å²) in [4.78, 5) is 3.23. The third-order valence-corrected chi connectivity index (χ3v) is 2.65. The predicted octanol–water partition coefficient (Wildman–Crippen LogP) is 2.98. The Morgan fingerprint density at radius 3 is 2.71 bits per heavy atom. The topological polar surface area (TPSA) is 41.8 Å². The minimum Gasteiger partial charge on any atom is -0.358 e. The monoisotopic (exact) mass is 228 g/mol. The zero-order valence-electron chi connectivity index (χ0n) is 7.48. The van der Waals surface area contributed by atoms with Gasteiger partial charge >= 0.3 is 0 Å². The van der Waals surface area contributed by atoms with E-state index < -0.39 is 0 Å². The number of hydrogen-bond acceptors (Lipinski definition) is 1. The van der Waals surface area contributed by atoms with E-state index in [4.69, 9.17) is 28.9 Å². The van der Waals surface area contributed by atoms with Crippen molar-refractivity contribution in [3.63, 3.8) is 0 Å². The molecule has 14 heavy (non-hydrogen) atoms. The molecule has 0 amide bonds. The van der Waals surface area contributed by atoms with Crippen molar-refractivity contribution in [1.29, 1.82) is 0 Å². The SMILES string of the molecule is NCCc1cc2c(Cl)cc(Cl)cc2[nH]1. The first-order chi connectivity index (χ1) is 6.70. The molecule has 1 aromatic carbocycles. The first kappa shape index (κ1) is 9.84. The van der Waals surface area contributed by atoms with Gasteiger partial charge in [-0.1, -0.05) is 23.2 Å². The van der Waals surface area contributed by atoms with Crippen molar-refractivity contribution >= 4 is 34.1 Å². The van der Waals surface area contributed by atoms with Gasteiger partial charge in [0.15, 0.2) is 0 Å². The number of halogens is 2. The third-order valence-electron chi connectivity index (χ3n) is 2.12. The van der Waals surface area contributed by atoms with Crippen LogP contribution in [0.4, 0.5) is 0 Å². The van der Waals surface area contributed by atoms with E-state index in [1.807, 2.05) is 12.1 Å². The molecule has 0 spiro atoms.